The average molecular weight is 155 g/mol. The molecule has 1 atom stereocenters. The Morgan fingerprint density at radius 1 is 1.27 bits per heavy atom. The van der Waals surface area contributed by atoms with E-state index < -0.39 is 0 Å². The number of carbonyl (C=O) groups is 1. The average Bonchev–Trinajstić information content (AvgIpc) is 2.46. The van der Waals surface area contributed by atoms with Gasteiger partial charge in [-0.2, -0.15) is 0 Å². The Morgan fingerprint density at radius 2 is 2.18 bits per heavy atom. The topological polar surface area (TPSA) is 53.2 Å². The van der Waals surface area contributed by atoms with Gasteiger partial charge in [-0.05, 0) is 13.0 Å². The Bertz CT molecular complexity index is 175. The quantitative estimate of drug-likeness (QED) is 0.396. The van der Waals surface area contributed by atoms with E-state index in [-0.39, 0.29) is 11.4 Å². The van der Waals surface area contributed by atoms with Crippen LogP contribution in [-0.4, -0.2) is 37.6 Å². The third kappa shape index (κ3) is 1.02. The second-order valence-electron chi connectivity index (χ2n) is 3.19. The standard InChI is InChI=1S/C7H13N3O/c11-6-7(1-2-8-5-7)10-4-3-9-6/h8,10H,1-5H2,(H,9,11). The van der Waals surface area contributed by atoms with Crippen LogP contribution in [0.25, 0.3) is 0 Å². The summed E-state index contributed by atoms with van der Waals surface area (Å²) in [4.78, 5) is 11.4. The van der Waals surface area contributed by atoms with Gasteiger partial charge in [0.15, 0.2) is 0 Å². The summed E-state index contributed by atoms with van der Waals surface area (Å²) in [6.07, 6.45) is 0.916. The van der Waals surface area contributed by atoms with Crippen LogP contribution in [0.2, 0.25) is 0 Å². The molecule has 0 aromatic rings. The molecule has 4 heteroatoms. The van der Waals surface area contributed by atoms with E-state index in [9.17, 15) is 4.79 Å². The molecule has 2 aliphatic rings. The number of piperazine rings is 1. The predicted molar refractivity (Wildman–Crippen MR) is 41.2 cm³/mol. The van der Waals surface area contributed by atoms with Crippen molar-refractivity contribution in [2.45, 2.75) is 12.0 Å². The molecule has 1 amide bonds. The molecule has 0 aliphatic carbocycles. The van der Waals surface area contributed by atoms with Crippen LogP contribution in [-0.2, 0) is 4.79 Å². The highest BCUT2D eigenvalue weighted by molar-refractivity contribution is 5.87. The molecule has 0 aromatic carbocycles. The van der Waals surface area contributed by atoms with Crippen molar-refractivity contribution in [1.29, 1.82) is 0 Å². The Balaban J connectivity index is 2.13. The lowest BCUT2D eigenvalue weighted by atomic mass is 9.96. The minimum absolute atomic E-state index is 0.161. The van der Waals surface area contributed by atoms with Crippen molar-refractivity contribution in [2.75, 3.05) is 26.2 Å². The highest BCUT2D eigenvalue weighted by Crippen LogP contribution is 2.15. The van der Waals surface area contributed by atoms with Gasteiger partial charge in [-0.15, -0.1) is 0 Å². The summed E-state index contributed by atoms with van der Waals surface area (Å²) in [6.45, 7) is 3.38. The van der Waals surface area contributed by atoms with Crippen molar-refractivity contribution in [3.63, 3.8) is 0 Å². The van der Waals surface area contributed by atoms with E-state index in [0.717, 1.165) is 32.6 Å². The summed E-state index contributed by atoms with van der Waals surface area (Å²) in [5, 5.41) is 9.33. The summed E-state index contributed by atoms with van der Waals surface area (Å²) >= 11 is 0. The number of rotatable bonds is 0. The second-order valence-corrected chi connectivity index (χ2v) is 3.19. The van der Waals surface area contributed by atoms with Crippen molar-refractivity contribution in [2.24, 2.45) is 0 Å². The zero-order valence-corrected chi connectivity index (χ0v) is 6.44. The predicted octanol–water partition coefficient (Wildman–Crippen LogP) is -1.56. The zero-order valence-electron chi connectivity index (χ0n) is 6.44. The van der Waals surface area contributed by atoms with Gasteiger partial charge in [-0.1, -0.05) is 0 Å². The van der Waals surface area contributed by atoms with Gasteiger partial charge in [0.05, 0.1) is 0 Å². The molecule has 2 heterocycles. The number of nitrogens with one attached hydrogen (secondary N) is 3. The Labute approximate surface area is 65.7 Å². The van der Waals surface area contributed by atoms with Crippen LogP contribution < -0.4 is 16.0 Å². The fourth-order valence-corrected chi connectivity index (χ4v) is 1.76. The summed E-state index contributed by atoms with van der Waals surface area (Å²) < 4.78 is 0. The van der Waals surface area contributed by atoms with E-state index in [1.165, 1.54) is 0 Å². The number of hydrogen-bond donors (Lipinski definition) is 3. The molecule has 1 spiro atoms. The second kappa shape index (κ2) is 2.46. The van der Waals surface area contributed by atoms with E-state index in [1.54, 1.807) is 0 Å². The van der Waals surface area contributed by atoms with Gasteiger partial charge in [-0.3, -0.25) is 4.79 Å². The minimum atomic E-state index is -0.280. The first-order chi connectivity index (χ1) is 5.33. The summed E-state index contributed by atoms with van der Waals surface area (Å²) in [6, 6.07) is 0. The third-order valence-electron chi connectivity index (χ3n) is 2.46. The Hall–Kier alpha value is -0.610. The van der Waals surface area contributed by atoms with E-state index in [1.807, 2.05) is 0 Å². The van der Waals surface area contributed by atoms with Crippen LogP contribution in [0.5, 0.6) is 0 Å². The Morgan fingerprint density at radius 3 is 2.82 bits per heavy atom. The van der Waals surface area contributed by atoms with Crippen LogP contribution >= 0.6 is 0 Å². The highest BCUT2D eigenvalue weighted by atomic mass is 16.2. The van der Waals surface area contributed by atoms with Crippen molar-refractivity contribution in [1.82, 2.24) is 16.0 Å². The molecule has 1 unspecified atom stereocenters. The lowest BCUT2D eigenvalue weighted by Crippen LogP contribution is -2.64. The molecule has 4 nitrogen and oxygen atoms in total. The summed E-state index contributed by atoms with van der Waals surface area (Å²) in [7, 11) is 0. The van der Waals surface area contributed by atoms with Crippen LogP contribution in [0.3, 0.4) is 0 Å². The maximum Gasteiger partial charge on any atom is 0.241 e. The smallest absolute Gasteiger partial charge is 0.241 e. The largest absolute Gasteiger partial charge is 0.353 e. The van der Waals surface area contributed by atoms with Crippen molar-refractivity contribution < 1.29 is 4.79 Å². The van der Waals surface area contributed by atoms with Crippen molar-refractivity contribution in [3.05, 3.63) is 0 Å². The normalized spacial score (nSPS) is 37.6. The van der Waals surface area contributed by atoms with E-state index in [4.69, 9.17) is 0 Å². The lowest BCUT2D eigenvalue weighted by molar-refractivity contribution is -0.128. The van der Waals surface area contributed by atoms with Gasteiger partial charge >= 0.3 is 0 Å². The zero-order chi connectivity index (χ0) is 7.73. The number of hydrogen-bond acceptors (Lipinski definition) is 3. The molecule has 0 saturated carbocycles. The lowest BCUT2D eigenvalue weighted by Gasteiger charge is -2.32. The first-order valence-corrected chi connectivity index (χ1v) is 4.08. The van der Waals surface area contributed by atoms with Gasteiger partial charge in [0.25, 0.3) is 0 Å². The maximum atomic E-state index is 11.4. The molecule has 62 valence electrons. The first-order valence-electron chi connectivity index (χ1n) is 4.08. The van der Waals surface area contributed by atoms with Crippen molar-refractivity contribution >= 4 is 5.91 Å². The van der Waals surface area contributed by atoms with Crippen LogP contribution in [0.4, 0.5) is 0 Å². The van der Waals surface area contributed by atoms with E-state index >= 15 is 0 Å². The monoisotopic (exact) mass is 155 g/mol. The molecule has 3 N–H and O–H groups in total. The van der Waals surface area contributed by atoms with Crippen LogP contribution in [0, 0.1) is 0 Å². The van der Waals surface area contributed by atoms with Crippen LogP contribution in [0.1, 0.15) is 6.42 Å². The first kappa shape index (κ1) is 7.06. The van der Waals surface area contributed by atoms with E-state index in [2.05, 4.69) is 16.0 Å². The molecule has 2 saturated heterocycles. The third-order valence-corrected chi connectivity index (χ3v) is 2.46. The molecule has 0 aromatic heterocycles. The molecule has 2 fully saturated rings. The highest BCUT2D eigenvalue weighted by Gasteiger charge is 2.42. The van der Waals surface area contributed by atoms with E-state index in [0.29, 0.717) is 0 Å². The van der Waals surface area contributed by atoms with Gasteiger partial charge < -0.3 is 16.0 Å². The SMILES string of the molecule is O=C1NCCNC12CCNC2. The summed E-state index contributed by atoms with van der Waals surface area (Å²) in [5.41, 5.74) is -0.280. The summed E-state index contributed by atoms with van der Waals surface area (Å²) in [5.74, 6) is 0.161. The number of carbonyl (C=O) groups excluding carboxylic acids is 1. The Kier molecular flexibility index (Phi) is 1.58. The molecular weight excluding hydrogens is 142 g/mol. The van der Waals surface area contributed by atoms with Gasteiger partial charge in [0.2, 0.25) is 5.91 Å². The van der Waals surface area contributed by atoms with Gasteiger partial charge in [0, 0.05) is 19.6 Å². The fraction of sp³-hybridized carbons (Fsp3) is 0.857. The van der Waals surface area contributed by atoms with Gasteiger partial charge in [-0.25, -0.2) is 0 Å². The number of amides is 1. The molecule has 2 rings (SSSR count). The van der Waals surface area contributed by atoms with Crippen LogP contribution in [0.15, 0.2) is 0 Å². The molecule has 2 aliphatic heterocycles. The fourth-order valence-electron chi connectivity index (χ4n) is 1.76. The maximum absolute atomic E-state index is 11.4. The van der Waals surface area contributed by atoms with Gasteiger partial charge in [0.1, 0.15) is 5.54 Å². The molecule has 0 radical (unpaired) electrons. The molecule has 0 bridgehead atoms. The molecular formula is C7H13N3O. The molecule has 11 heavy (non-hydrogen) atoms. The minimum Gasteiger partial charge on any atom is -0.353 e. The van der Waals surface area contributed by atoms with Crippen molar-refractivity contribution in [3.8, 4) is 0 Å².